The molecular weight excluding hydrogens is 406 g/mol. The minimum Gasteiger partial charge on any atom is -0.394 e. The van der Waals surface area contributed by atoms with Gasteiger partial charge in [0.2, 0.25) is 0 Å². The summed E-state index contributed by atoms with van der Waals surface area (Å²) in [6.45, 7) is 4.12. The molecule has 1 saturated carbocycles. The number of nitrogens with zero attached hydrogens (tertiary/aromatic N) is 4. The van der Waals surface area contributed by atoms with Crippen LogP contribution in [0.15, 0.2) is 30.5 Å². The molecule has 8 nitrogen and oxygen atoms in total. The number of H-pyrrole nitrogens is 1. The molecule has 4 heterocycles. The van der Waals surface area contributed by atoms with E-state index in [1.54, 1.807) is 0 Å². The average Bonchev–Trinajstić information content (AvgIpc) is 3.71. The van der Waals surface area contributed by atoms with Gasteiger partial charge in [-0.1, -0.05) is 19.1 Å². The zero-order chi connectivity index (χ0) is 22.0. The van der Waals surface area contributed by atoms with Crippen molar-refractivity contribution in [3.05, 3.63) is 53.0 Å². The number of ether oxygens (including phenoxy) is 1. The Morgan fingerprint density at radius 2 is 2.22 bits per heavy atom. The normalized spacial score (nSPS) is 23.6. The van der Waals surface area contributed by atoms with E-state index >= 15 is 0 Å². The summed E-state index contributed by atoms with van der Waals surface area (Å²) < 4.78 is 8.01. The maximum absolute atomic E-state index is 13.3. The van der Waals surface area contributed by atoms with Crippen LogP contribution < -0.4 is 0 Å². The minimum atomic E-state index is -0.123. The third-order valence-electron chi connectivity index (χ3n) is 7.58. The molecule has 1 saturated heterocycles. The number of aromatic nitrogens is 3. The summed E-state index contributed by atoms with van der Waals surface area (Å²) in [5, 5.41) is 15.4. The Morgan fingerprint density at radius 1 is 1.38 bits per heavy atom. The fourth-order valence-electron chi connectivity index (χ4n) is 5.15. The molecule has 168 valence electrons. The largest absolute Gasteiger partial charge is 0.394 e. The highest BCUT2D eigenvalue weighted by Gasteiger charge is 2.56. The van der Waals surface area contributed by atoms with Crippen molar-refractivity contribution >= 4 is 16.8 Å². The van der Waals surface area contributed by atoms with Crippen molar-refractivity contribution < 1.29 is 14.6 Å². The highest BCUT2D eigenvalue weighted by Crippen LogP contribution is 2.50. The van der Waals surface area contributed by atoms with Crippen molar-refractivity contribution in [2.45, 2.75) is 57.1 Å². The third kappa shape index (κ3) is 3.01. The SMILES string of the molecule is CCc1cccc2[nH]c(C(=O)N3CCn4ncc(C5OC5N(C)C5(CO)CC5)c4C3)cc12. The summed E-state index contributed by atoms with van der Waals surface area (Å²) in [6.07, 6.45) is 4.74. The molecule has 1 aliphatic carbocycles. The number of aliphatic hydroxyl groups excluding tert-OH is 1. The Balaban J connectivity index is 1.22. The van der Waals surface area contributed by atoms with Crippen LogP contribution in [-0.4, -0.2) is 67.5 Å². The Labute approximate surface area is 186 Å². The Kier molecular flexibility index (Phi) is 4.47. The predicted molar refractivity (Wildman–Crippen MR) is 119 cm³/mol. The first kappa shape index (κ1) is 20.0. The molecule has 0 spiro atoms. The topological polar surface area (TPSA) is 89.9 Å². The van der Waals surface area contributed by atoms with E-state index in [9.17, 15) is 9.90 Å². The lowest BCUT2D eigenvalue weighted by Gasteiger charge is -2.28. The third-order valence-corrected chi connectivity index (χ3v) is 7.58. The van der Waals surface area contributed by atoms with Crippen LogP contribution >= 0.6 is 0 Å². The number of amides is 1. The number of rotatable bonds is 6. The van der Waals surface area contributed by atoms with Crippen molar-refractivity contribution in [2.75, 3.05) is 20.2 Å². The summed E-state index contributed by atoms with van der Waals surface area (Å²) >= 11 is 0. The number of benzene rings is 1. The highest BCUT2D eigenvalue weighted by atomic mass is 16.6. The van der Waals surface area contributed by atoms with Gasteiger partial charge in [0.1, 0.15) is 18.0 Å². The van der Waals surface area contributed by atoms with Crippen LogP contribution in [0, 0.1) is 0 Å². The molecule has 0 bridgehead atoms. The van der Waals surface area contributed by atoms with E-state index in [1.807, 2.05) is 41.0 Å². The van der Waals surface area contributed by atoms with Gasteiger partial charge < -0.3 is 19.7 Å². The molecule has 2 N–H and O–H groups in total. The summed E-state index contributed by atoms with van der Waals surface area (Å²) in [5.41, 5.74) is 4.86. The van der Waals surface area contributed by atoms with Gasteiger partial charge >= 0.3 is 0 Å². The first-order chi connectivity index (χ1) is 15.5. The van der Waals surface area contributed by atoms with Crippen molar-refractivity contribution in [3.63, 3.8) is 0 Å². The Hall–Kier alpha value is -2.68. The summed E-state index contributed by atoms with van der Waals surface area (Å²) in [4.78, 5) is 20.7. The minimum absolute atomic E-state index is 0.0178. The van der Waals surface area contributed by atoms with Gasteiger partial charge in [-0.05, 0) is 44.0 Å². The standard InChI is InChI=1S/C24H29N5O3/c1-3-15-5-4-6-18-16(15)11-19(26-18)22(31)28-9-10-29-20(13-28)17(12-25-29)21-23(32-21)27(2)24(14-30)7-8-24/h4-6,11-12,21,23,26,30H,3,7-10,13-14H2,1-2H3. The zero-order valence-electron chi connectivity index (χ0n) is 18.5. The molecule has 2 unspecified atom stereocenters. The Morgan fingerprint density at radius 3 is 2.97 bits per heavy atom. The lowest BCUT2D eigenvalue weighted by molar-refractivity contribution is 0.0700. The van der Waals surface area contributed by atoms with Gasteiger partial charge in [0, 0.05) is 28.6 Å². The molecule has 0 radical (unpaired) electrons. The second-order valence-electron chi connectivity index (χ2n) is 9.35. The molecule has 2 atom stereocenters. The zero-order valence-corrected chi connectivity index (χ0v) is 18.5. The summed E-state index contributed by atoms with van der Waals surface area (Å²) in [5.74, 6) is 0.0178. The number of epoxide rings is 1. The molecule has 1 aromatic carbocycles. The molecule has 8 heteroatoms. The van der Waals surface area contributed by atoms with E-state index in [0.29, 0.717) is 25.3 Å². The second-order valence-corrected chi connectivity index (χ2v) is 9.35. The van der Waals surface area contributed by atoms with Crippen LogP contribution in [0.1, 0.15) is 53.2 Å². The van der Waals surface area contributed by atoms with E-state index < -0.39 is 0 Å². The number of hydrogen-bond donors (Lipinski definition) is 2. The van der Waals surface area contributed by atoms with Crippen molar-refractivity contribution in [1.29, 1.82) is 0 Å². The number of nitrogens with one attached hydrogen (secondary N) is 1. The average molecular weight is 436 g/mol. The summed E-state index contributed by atoms with van der Waals surface area (Å²) in [7, 11) is 2.03. The smallest absolute Gasteiger partial charge is 0.270 e. The molecule has 6 rings (SSSR count). The van der Waals surface area contributed by atoms with Gasteiger partial charge in [-0.3, -0.25) is 14.4 Å². The molecule has 2 aromatic heterocycles. The Bertz CT molecular complexity index is 1190. The lowest BCUT2D eigenvalue weighted by Crippen LogP contribution is -2.40. The quantitative estimate of drug-likeness (QED) is 0.581. The van der Waals surface area contributed by atoms with Crippen LogP contribution in [0.4, 0.5) is 0 Å². The van der Waals surface area contributed by atoms with E-state index in [1.165, 1.54) is 5.56 Å². The fraction of sp³-hybridized carbons (Fsp3) is 0.500. The predicted octanol–water partition coefficient (Wildman–Crippen LogP) is 2.44. The number of likely N-dealkylation sites (N-methyl/N-ethyl adjacent to an activating group) is 1. The van der Waals surface area contributed by atoms with Gasteiger partial charge in [0.05, 0.1) is 31.6 Å². The molecule has 1 amide bonds. The van der Waals surface area contributed by atoms with Crippen molar-refractivity contribution in [1.82, 2.24) is 24.6 Å². The number of carbonyl (C=O) groups excluding carboxylic acids is 1. The van der Waals surface area contributed by atoms with Crippen LogP contribution in [-0.2, 0) is 24.2 Å². The van der Waals surface area contributed by atoms with E-state index in [2.05, 4.69) is 28.0 Å². The van der Waals surface area contributed by atoms with Crippen molar-refractivity contribution in [2.24, 2.45) is 0 Å². The van der Waals surface area contributed by atoms with Crippen LogP contribution in [0.2, 0.25) is 0 Å². The molecule has 32 heavy (non-hydrogen) atoms. The molecular formula is C24H29N5O3. The number of fused-ring (bicyclic) bond motifs is 2. The van der Waals surface area contributed by atoms with Crippen molar-refractivity contribution in [3.8, 4) is 0 Å². The van der Waals surface area contributed by atoms with Crippen LogP contribution in [0.3, 0.4) is 0 Å². The first-order valence-electron chi connectivity index (χ1n) is 11.5. The first-order valence-corrected chi connectivity index (χ1v) is 11.5. The molecule has 2 fully saturated rings. The monoisotopic (exact) mass is 435 g/mol. The van der Waals surface area contributed by atoms with Gasteiger partial charge in [0.25, 0.3) is 5.91 Å². The lowest BCUT2D eigenvalue weighted by atomic mass is 10.1. The fourth-order valence-corrected chi connectivity index (χ4v) is 5.15. The van der Waals surface area contributed by atoms with E-state index in [-0.39, 0.29) is 30.4 Å². The van der Waals surface area contributed by atoms with Gasteiger partial charge in [0.15, 0.2) is 0 Å². The van der Waals surface area contributed by atoms with Crippen LogP contribution in [0.5, 0.6) is 0 Å². The van der Waals surface area contributed by atoms with Gasteiger partial charge in [-0.2, -0.15) is 5.10 Å². The maximum atomic E-state index is 13.3. The van der Waals surface area contributed by atoms with Crippen LogP contribution in [0.25, 0.3) is 10.9 Å². The van der Waals surface area contributed by atoms with E-state index in [0.717, 1.165) is 41.4 Å². The number of aromatic amines is 1. The van der Waals surface area contributed by atoms with Gasteiger partial charge in [-0.25, -0.2) is 0 Å². The molecule has 3 aromatic rings. The molecule has 3 aliphatic rings. The van der Waals surface area contributed by atoms with E-state index in [4.69, 9.17) is 4.74 Å². The number of hydrogen-bond acceptors (Lipinski definition) is 5. The molecule has 2 aliphatic heterocycles. The number of aliphatic hydroxyl groups is 1. The van der Waals surface area contributed by atoms with Gasteiger partial charge in [-0.15, -0.1) is 0 Å². The summed E-state index contributed by atoms with van der Waals surface area (Å²) in [6, 6.07) is 8.15. The highest BCUT2D eigenvalue weighted by molar-refractivity contribution is 5.98. The number of carbonyl (C=O) groups is 1. The second kappa shape index (κ2) is 7.16. The number of aryl methyl sites for hydroxylation is 1. The maximum Gasteiger partial charge on any atom is 0.270 e.